The summed E-state index contributed by atoms with van der Waals surface area (Å²) in [6, 6.07) is 13.0. The van der Waals surface area contributed by atoms with Gasteiger partial charge in [0.15, 0.2) is 0 Å². The van der Waals surface area contributed by atoms with Gasteiger partial charge < -0.3 is 19.7 Å². The first-order valence-electron chi connectivity index (χ1n) is 8.78. The maximum absolute atomic E-state index is 12.6. The van der Waals surface area contributed by atoms with Gasteiger partial charge in [0.2, 0.25) is 5.88 Å². The fourth-order valence-corrected chi connectivity index (χ4v) is 3.06. The standard InChI is InChI=1S/C20H20N4O3/c1-26-19-5-2-14-12-15(3-4-17(14)23-19)22-20(25)18-13-16(6-7-21-18)24-8-10-27-11-9-24/h2-7,12-13H,8-11H2,1H3,(H,22,25). The zero-order valence-corrected chi connectivity index (χ0v) is 15.0. The number of ether oxygens (including phenoxy) is 2. The molecule has 27 heavy (non-hydrogen) atoms. The lowest BCUT2D eigenvalue weighted by atomic mass is 10.2. The summed E-state index contributed by atoms with van der Waals surface area (Å²) in [5.74, 6) is 0.314. The zero-order chi connectivity index (χ0) is 18.6. The van der Waals surface area contributed by atoms with Gasteiger partial charge in [-0.15, -0.1) is 0 Å². The number of methoxy groups -OCH3 is 1. The summed E-state index contributed by atoms with van der Waals surface area (Å²) < 4.78 is 10.5. The highest BCUT2D eigenvalue weighted by molar-refractivity contribution is 6.04. The molecule has 1 saturated heterocycles. The Morgan fingerprint density at radius 2 is 2.00 bits per heavy atom. The molecule has 3 heterocycles. The number of morpholine rings is 1. The number of fused-ring (bicyclic) bond motifs is 1. The van der Waals surface area contributed by atoms with Gasteiger partial charge in [-0.1, -0.05) is 0 Å². The lowest BCUT2D eigenvalue weighted by Gasteiger charge is -2.28. The number of benzene rings is 1. The van der Waals surface area contributed by atoms with Crippen LogP contribution in [0.3, 0.4) is 0 Å². The Hall–Kier alpha value is -3.19. The predicted molar refractivity (Wildman–Crippen MR) is 104 cm³/mol. The number of hydrogen-bond donors (Lipinski definition) is 1. The summed E-state index contributed by atoms with van der Waals surface area (Å²) in [5, 5.41) is 3.83. The SMILES string of the molecule is COc1ccc2cc(NC(=O)c3cc(N4CCOCC4)ccn3)ccc2n1. The van der Waals surface area contributed by atoms with Crippen LogP contribution in [0.5, 0.6) is 5.88 Å². The largest absolute Gasteiger partial charge is 0.481 e. The van der Waals surface area contributed by atoms with Crippen LogP contribution in [0.4, 0.5) is 11.4 Å². The fraction of sp³-hybridized carbons (Fsp3) is 0.250. The molecule has 0 unspecified atom stereocenters. The van der Waals surface area contributed by atoms with Crippen molar-refractivity contribution in [2.45, 2.75) is 0 Å². The number of nitrogens with one attached hydrogen (secondary N) is 1. The van der Waals surface area contributed by atoms with E-state index < -0.39 is 0 Å². The Morgan fingerprint density at radius 1 is 1.15 bits per heavy atom. The quantitative estimate of drug-likeness (QED) is 0.767. The monoisotopic (exact) mass is 364 g/mol. The van der Waals surface area contributed by atoms with Crippen molar-refractivity contribution in [3.8, 4) is 5.88 Å². The van der Waals surface area contributed by atoms with Crippen LogP contribution in [0.15, 0.2) is 48.7 Å². The fourth-order valence-electron chi connectivity index (χ4n) is 3.06. The smallest absolute Gasteiger partial charge is 0.274 e. The number of amides is 1. The van der Waals surface area contributed by atoms with Gasteiger partial charge in [-0.25, -0.2) is 4.98 Å². The minimum Gasteiger partial charge on any atom is -0.481 e. The van der Waals surface area contributed by atoms with Crippen molar-refractivity contribution in [3.05, 3.63) is 54.4 Å². The van der Waals surface area contributed by atoms with E-state index in [0.717, 1.165) is 29.7 Å². The highest BCUT2D eigenvalue weighted by atomic mass is 16.5. The van der Waals surface area contributed by atoms with Crippen molar-refractivity contribution in [1.29, 1.82) is 0 Å². The van der Waals surface area contributed by atoms with E-state index in [1.54, 1.807) is 19.4 Å². The van der Waals surface area contributed by atoms with Crippen LogP contribution in [0.1, 0.15) is 10.5 Å². The molecule has 138 valence electrons. The Balaban J connectivity index is 1.52. The van der Waals surface area contributed by atoms with Gasteiger partial charge in [-0.05, 0) is 36.4 Å². The zero-order valence-electron chi connectivity index (χ0n) is 15.0. The maximum atomic E-state index is 12.6. The van der Waals surface area contributed by atoms with Crippen LogP contribution in [-0.2, 0) is 4.74 Å². The number of nitrogens with zero attached hydrogens (tertiary/aromatic N) is 3. The summed E-state index contributed by atoms with van der Waals surface area (Å²) in [6.07, 6.45) is 1.66. The van der Waals surface area contributed by atoms with Crippen LogP contribution < -0.4 is 15.0 Å². The summed E-state index contributed by atoms with van der Waals surface area (Å²) in [4.78, 5) is 23.4. The van der Waals surface area contributed by atoms with E-state index in [1.165, 1.54) is 0 Å². The second-order valence-corrected chi connectivity index (χ2v) is 6.21. The first kappa shape index (κ1) is 17.2. The normalized spacial score (nSPS) is 14.2. The average Bonchev–Trinajstić information content (AvgIpc) is 2.74. The molecule has 1 N–H and O–H groups in total. The molecule has 2 aromatic heterocycles. The van der Waals surface area contributed by atoms with Crippen LogP contribution in [0.2, 0.25) is 0 Å². The summed E-state index contributed by atoms with van der Waals surface area (Å²) in [7, 11) is 1.58. The molecule has 7 heteroatoms. The third kappa shape index (κ3) is 3.83. The maximum Gasteiger partial charge on any atom is 0.274 e. The number of pyridine rings is 2. The number of anilines is 2. The second-order valence-electron chi connectivity index (χ2n) is 6.21. The van der Waals surface area contributed by atoms with E-state index in [9.17, 15) is 4.79 Å². The number of rotatable bonds is 4. The van der Waals surface area contributed by atoms with Crippen LogP contribution in [0.25, 0.3) is 10.9 Å². The van der Waals surface area contributed by atoms with Crippen LogP contribution in [-0.4, -0.2) is 49.3 Å². The summed E-state index contributed by atoms with van der Waals surface area (Å²) >= 11 is 0. The number of aromatic nitrogens is 2. The van der Waals surface area contributed by atoms with Gasteiger partial charge in [-0.2, -0.15) is 0 Å². The molecule has 0 atom stereocenters. The van der Waals surface area contributed by atoms with Gasteiger partial charge >= 0.3 is 0 Å². The van der Waals surface area contributed by atoms with Crippen molar-refractivity contribution in [3.63, 3.8) is 0 Å². The van der Waals surface area contributed by atoms with Crippen molar-refractivity contribution >= 4 is 28.2 Å². The number of carbonyl (C=O) groups excluding carboxylic acids is 1. The molecule has 0 spiro atoms. The van der Waals surface area contributed by atoms with E-state index in [1.807, 2.05) is 36.4 Å². The lowest BCUT2D eigenvalue weighted by Crippen LogP contribution is -2.36. The second kappa shape index (κ2) is 7.59. The third-order valence-electron chi connectivity index (χ3n) is 4.48. The van der Waals surface area contributed by atoms with E-state index >= 15 is 0 Å². The molecule has 1 amide bonds. The topological polar surface area (TPSA) is 76.6 Å². The average molecular weight is 364 g/mol. The van der Waals surface area contributed by atoms with Gasteiger partial charge in [0.25, 0.3) is 5.91 Å². The summed E-state index contributed by atoms with van der Waals surface area (Å²) in [5.41, 5.74) is 2.86. The minimum atomic E-state index is -0.245. The van der Waals surface area contributed by atoms with Gasteiger partial charge in [0.05, 0.1) is 25.8 Å². The Bertz CT molecular complexity index is 970. The molecule has 4 rings (SSSR count). The number of carbonyl (C=O) groups is 1. The van der Waals surface area contributed by atoms with E-state index in [2.05, 4.69) is 20.2 Å². The molecule has 3 aromatic rings. The molecule has 0 bridgehead atoms. The molecule has 1 aromatic carbocycles. The molecule has 7 nitrogen and oxygen atoms in total. The highest BCUT2D eigenvalue weighted by Gasteiger charge is 2.14. The van der Waals surface area contributed by atoms with Crippen molar-refractivity contribution in [1.82, 2.24) is 9.97 Å². The predicted octanol–water partition coefficient (Wildman–Crippen LogP) is 2.73. The van der Waals surface area contributed by atoms with E-state index in [0.29, 0.717) is 30.5 Å². The number of hydrogen-bond acceptors (Lipinski definition) is 6. The third-order valence-corrected chi connectivity index (χ3v) is 4.48. The molecular formula is C20H20N4O3. The highest BCUT2D eigenvalue weighted by Crippen LogP contribution is 2.21. The molecule has 0 radical (unpaired) electrons. The van der Waals surface area contributed by atoms with Gasteiger partial charge in [0.1, 0.15) is 5.69 Å². The first-order chi connectivity index (χ1) is 13.2. The molecular weight excluding hydrogens is 344 g/mol. The molecule has 1 aliphatic rings. The van der Waals surface area contributed by atoms with Crippen molar-refractivity contribution < 1.29 is 14.3 Å². The van der Waals surface area contributed by atoms with Crippen molar-refractivity contribution in [2.75, 3.05) is 43.6 Å². The van der Waals surface area contributed by atoms with Gasteiger partial charge in [-0.3, -0.25) is 9.78 Å². The Morgan fingerprint density at radius 3 is 2.81 bits per heavy atom. The Kier molecular flexibility index (Phi) is 4.84. The van der Waals surface area contributed by atoms with Crippen molar-refractivity contribution in [2.24, 2.45) is 0 Å². The first-order valence-corrected chi connectivity index (χ1v) is 8.78. The van der Waals surface area contributed by atoms with Crippen LogP contribution in [0, 0.1) is 0 Å². The van der Waals surface area contributed by atoms with E-state index in [-0.39, 0.29) is 5.91 Å². The van der Waals surface area contributed by atoms with E-state index in [4.69, 9.17) is 9.47 Å². The molecule has 0 saturated carbocycles. The van der Waals surface area contributed by atoms with Crippen LogP contribution >= 0.6 is 0 Å². The molecule has 1 aliphatic heterocycles. The van der Waals surface area contributed by atoms with Gasteiger partial charge in [0, 0.05) is 42.1 Å². The minimum absolute atomic E-state index is 0.245. The Labute approximate surface area is 156 Å². The summed E-state index contributed by atoms with van der Waals surface area (Å²) in [6.45, 7) is 3.01. The molecule has 1 fully saturated rings. The lowest BCUT2D eigenvalue weighted by molar-refractivity contribution is 0.102. The molecule has 0 aliphatic carbocycles.